The highest BCUT2D eigenvalue weighted by molar-refractivity contribution is 8.76. The highest BCUT2D eigenvalue weighted by Gasteiger charge is 2.07. The van der Waals surface area contributed by atoms with E-state index in [0.29, 0.717) is 0 Å². The number of non-ortho nitro benzene ring substituents is 2. The van der Waals surface area contributed by atoms with Gasteiger partial charge in [0.2, 0.25) is 0 Å². The van der Waals surface area contributed by atoms with Gasteiger partial charge in [0.05, 0.1) is 9.85 Å². The van der Waals surface area contributed by atoms with Crippen LogP contribution in [0, 0.1) is 20.2 Å². The predicted molar refractivity (Wildman–Crippen MR) is 107 cm³/mol. The molecule has 144 valence electrons. The van der Waals surface area contributed by atoms with Crippen LogP contribution in [-0.4, -0.2) is 32.7 Å². The SMILES string of the molecule is NC(CS)C(=O)O.O=[N+]([O-])c1ccc(SSc2ccc([N+](=O)[O-])cc2)cc1. The summed E-state index contributed by atoms with van der Waals surface area (Å²) >= 11 is 3.65. The molecule has 0 saturated carbocycles. The Morgan fingerprint density at radius 3 is 1.48 bits per heavy atom. The van der Waals surface area contributed by atoms with Crippen LogP contribution in [0.2, 0.25) is 0 Å². The number of hydrogen-bond donors (Lipinski definition) is 3. The van der Waals surface area contributed by atoms with Crippen molar-refractivity contribution >= 4 is 51.6 Å². The number of aliphatic carboxylic acids is 1. The van der Waals surface area contributed by atoms with Crippen LogP contribution in [0.3, 0.4) is 0 Å². The minimum atomic E-state index is -1.00. The number of nitro benzene ring substituents is 2. The second-order valence-electron chi connectivity index (χ2n) is 4.80. The number of carboxylic acids is 1. The van der Waals surface area contributed by atoms with E-state index in [1.54, 1.807) is 24.3 Å². The second-order valence-corrected chi connectivity index (χ2v) is 7.44. The summed E-state index contributed by atoms with van der Waals surface area (Å²) < 4.78 is 0. The molecule has 1 atom stereocenters. The topological polar surface area (TPSA) is 150 Å². The van der Waals surface area contributed by atoms with Gasteiger partial charge in [0.15, 0.2) is 0 Å². The maximum atomic E-state index is 10.5. The Kier molecular flexibility index (Phi) is 9.64. The molecular formula is C15H15N3O6S3. The molecule has 0 aliphatic rings. The van der Waals surface area contributed by atoms with Crippen LogP contribution in [0.5, 0.6) is 0 Å². The molecule has 0 aliphatic heterocycles. The Labute approximate surface area is 167 Å². The molecule has 3 N–H and O–H groups in total. The summed E-state index contributed by atoms with van der Waals surface area (Å²) in [5.41, 5.74) is 5.04. The number of nitrogens with two attached hydrogens (primary N) is 1. The Hall–Kier alpha value is -2.28. The molecular weight excluding hydrogens is 414 g/mol. The van der Waals surface area contributed by atoms with Crippen molar-refractivity contribution in [1.82, 2.24) is 0 Å². The first-order valence-corrected chi connectivity index (χ1v) is 9.95. The zero-order valence-electron chi connectivity index (χ0n) is 13.6. The Morgan fingerprint density at radius 1 is 0.963 bits per heavy atom. The van der Waals surface area contributed by atoms with Gasteiger partial charge in [-0.15, -0.1) is 0 Å². The van der Waals surface area contributed by atoms with Crippen molar-refractivity contribution in [3.8, 4) is 0 Å². The standard InChI is InChI=1S/C12H8N2O4S2.C3H7NO2S/c15-13(16)9-1-5-11(6-2-9)19-20-12-7-3-10(4-8-12)14(17)18;4-2(1-7)3(5)6/h1-8H;2,7H,1,4H2,(H,5,6). The molecule has 2 rings (SSSR count). The number of carbonyl (C=O) groups is 1. The first-order valence-electron chi connectivity index (χ1n) is 7.17. The van der Waals surface area contributed by atoms with Gasteiger partial charge in [-0.25, -0.2) is 0 Å². The first kappa shape index (κ1) is 22.8. The minimum absolute atomic E-state index is 0.0506. The third kappa shape index (κ3) is 8.30. The molecule has 0 amide bonds. The summed E-state index contributed by atoms with van der Waals surface area (Å²) in [5.74, 6) is -0.815. The Bertz CT molecular complexity index is 729. The maximum Gasteiger partial charge on any atom is 0.321 e. The monoisotopic (exact) mass is 429 g/mol. The van der Waals surface area contributed by atoms with Crippen LogP contribution in [0.4, 0.5) is 11.4 Å². The van der Waals surface area contributed by atoms with Crippen molar-refractivity contribution in [2.45, 2.75) is 15.8 Å². The third-order valence-electron chi connectivity index (χ3n) is 2.84. The van der Waals surface area contributed by atoms with Gasteiger partial charge < -0.3 is 10.8 Å². The molecule has 0 aromatic heterocycles. The minimum Gasteiger partial charge on any atom is -0.480 e. The molecule has 0 radical (unpaired) electrons. The highest BCUT2D eigenvalue weighted by atomic mass is 33.1. The molecule has 0 heterocycles. The van der Waals surface area contributed by atoms with Crippen LogP contribution in [0.25, 0.3) is 0 Å². The molecule has 2 aromatic rings. The summed E-state index contributed by atoms with van der Waals surface area (Å²) in [7, 11) is 2.86. The molecule has 1 unspecified atom stereocenters. The molecule has 2 aromatic carbocycles. The lowest BCUT2D eigenvalue weighted by Crippen LogP contribution is -2.31. The molecule has 27 heavy (non-hydrogen) atoms. The number of nitrogens with zero attached hydrogens (tertiary/aromatic N) is 2. The Morgan fingerprint density at radius 2 is 1.30 bits per heavy atom. The fraction of sp³-hybridized carbons (Fsp3) is 0.133. The fourth-order valence-corrected chi connectivity index (χ4v) is 3.51. The van der Waals surface area contributed by atoms with Crippen molar-refractivity contribution in [2.24, 2.45) is 5.73 Å². The third-order valence-corrected chi connectivity index (χ3v) is 5.65. The van der Waals surface area contributed by atoms with Gasteiger partial charge in [-0.2, -0.15) is 12.6 Å². The van der Waals surface area contributed by atoms with Gasteiger partial charge in [0.1, 0.15) is 6.04 Å². The maximum absolute atomic E-state index is 10.5. The lowest BCUT2D eigenvalue weighted by Gasteiger charge is -2.01. The summed E-state index contributed by atoms with van der Waals surface area (Å²) in [5, 5.41) is 29.0. The molecule has 0 fully saturated rings. The summed E-state index contributed by atoms with van der Waals surface area (Å²) in [6.45, 7) is 0. The average Bonchev–Trinajstić information content (AvgIpc) is 2.66. The van der Waals surface area contributed by atoms with E-state index in [1.165, 1.54) is 45.9 Å². The van der Waals surface area contributed by atoms with Crippen molar-refractivity contribution in [3.63, 3.8) is 0 Å². The first-order chi connectivity index (χ1) is 12.7. The Balaban J connectivity index is 0.000000445. The average molecular weight is 430 g/mol. The lowest BCUT2D eigenvalue weighted by molar-refractivity contribution is -0.385. The molecule has 0 bridgehead atoms. The van der Waals surface area contributed by atoms with E-state index in [1.807, 2.05) is 0 Å². The largest absolute Gasteiger partial charge is 0.480 e. The highest BCUT2D eigenvalue weighted by Crippen LogP contribution is 2.38. The van der Waals surface area contributed by atoms with E-state index in [0.717, 1.165) is 9.79 Å². The van der Waals surface area contributed by atoms with Crippen LogP contribution >= 0.6 is 34.2 Å². The number of rotatable bonds is 7. The lowest BCUT2D eigenvalue weighted by atomic mass is 10.3. The zero-order chi connectivity index (χ0) is 20.4. The van der Waals surface area contributed by atoms with Crippen molar-refractivity contribution in [3.05, 3.63) is 68.8 Å². The molecule has 0 spiro atoms. The molecule has 0 saturated heterocycles. The summed E-state index contributed by atoms with van der Waals surface area (Å²) in [4.78, 5) is 31.6. The van der Waals surface area contributed by atoms with Crippen molar-refractivity contribution in [2.75, 3.05) is 5.75 Å². The van der Waals surface area contributed by atoms with Gasteiger partial charge in [-0.05, 0) is 24.3 Å². The van der Waals surface area contributed by atoms with E-state index < -0.39 is 21.9 Å². The number of nitro groups is 2. The van der Waals surface area contributed by atoms with E-state index in [-0.39, 0.29) is 17.1 Å². The van der Waals surface area contributed by atoms with Crippen LogP contribution in [0.1, 0.15) is 0 Å². The van der Waals surface area contributed by atoms with Crippen LogP contribution in [0.15, 0.2) is 58.3 Å². The van der Waals surface area contributed by atoms with E-state index >= 15 is 0 Å². The van der Waals surface area contributed by atoms with Gasteiger partial charge >= 0.3 is 5.97 Å². The van der Waals surface area contributed by atoms with E-state index in [2.05, 4.69) is 12.6 Å². The normalized spacial score (nSPS) is 11.0. The number of carboxylic acid groups (broad SMARTS) is 1. The van der Waals surface area contributed by atoms with Crippen LogP contribution < -0.4 is 5.73 Å². The zero-order valence-corrected chi connectivity index (χ0v) is 16.2. The quantitative estimate of drug-likeness (QED) is 0.259. The fourth-order valence-electron chi connectivity index (χ4n) is 1.42. The number of hydrogen-bond acceptors (Lipinski definition) is 9. The number of thiol groups is 1. The van der Waals surface area contributed by atoms with Gasteiger partial charge in [0, 0.05) is 39.8 Å². The smallest absolute Gasteiger partial charge is 0.321 e. The summed E-state index contributed by atoms with van der Waals surface area (Å²) in [6.07, 6.45) is 0. The van der Waals surface area contributed by atoms with E-state index in [4.69, 9.17) is 10.8 Å². The van der Waals surface area contributed by atoms with Crippen molar-refractivity contribution < 1.29 is 19.7 Å². The molecule has 0 aliphatic carbocycles. The van der Waals surface area contributed by atoms with Gasteiger partial charge in [-0.1, -0.05) is 21.6 Å². The van der Waals surface area contributed by atoms with Crippen LogP contribution in [-0.2, 0) is 4.79 Å². The summed E-state index contributed by atoms with van der Waals surface area (Å²) in [6, 6.07) is 11.6. The number of benzene rings is 2. The second kappa shape index (κ2) is 11.4. The van der Waals surface area contributed by atoms with Gasteiger partial charge in [-0.3, -0.25) is 25.0 Å². The van der Waals surface area contributed by atoms with Crippen molar-refractivity contribution in [1.29, 1.82) is 0 Å². The molecule has 9 nitrogen and oxygen atoms in total. The predicted octanol–water partition coefficient (Wildman–Crippen LogP) is 3.63. The molecule has 12 heteroatoms. The van der Waals surface area contributed by atoms with E-state index in [9.17, 15) is 25.0 Å². The van der Waals surface area contributed by atoms with Gasteiger partial charge in [0.25, 0.3) is 11.4 Å².